The summed E-state index contributed by atoms with van der Waals surface area (Å²) < 4.78 is 82.6. The van der Waals surface area contributed by atoms with E-state index in [0.29, 0.717) is 19.5 Å². The molecule has 5 nitrogen and oxygen atoms in total. The summed E-state index contributed by atoms with van der Waals surface area (Å²) in [5, 5.41) is 3.02. The molecule has 0 spiro atoms. The number of ether oxygens (including phenoxy) is 1. The summed E-state index contributed by atoms with van der Waals surface area (Å²) in [6, 6.07) is 5.27. The number of aliphatic imine (C=N–C) groups is 1. The van der Waals surface area contributed by atoms with Crippen LogP contribution in [0.4, 0.5) is 26.3 Å². The first-order valence-corrected chi connectivity index (χ1v) is 12.6. The van der Waals surface area contributed by atoms with E-state index in [1.165, 1.54) is 30.0 Å². The van der Waals surface area contributed by atoms with E-state index in [1.54, 1.807) is 20.8 Å². The molecule has 4 rings (SSSR count). The Bertz CT molecular complexity index is 1020. The minimum atomic E-state index is -4.53. The van der Waals surface area contributed by atoms with E-state index in [-0.39, 0.29) is 22.6 Å². The molecular formula is C24H29F6N3O2S. The van der Waals surface area contributed by atoms with Crippen molar-refractivity contribution in [1.29, 1.82) is 0 Å². The van der Waals surface area contributed by atoms with Crippen LogP contribution in [0.3, 0.4) is 0 Å². The molecule has 3 aliphatic rings. The molecule has 0 bridgehead atoms. The summed E-state index contributed by atoms with van der Waals surface area (Å²) in [4.78, 5) is 19.3. The van der Waals surface area contributed by atoms with Crippen molar-refractivity contribution in [3.8, 4) is 0 Å². The number of likely N-dealkylation sites (tertiary alicyclic amines) is 1. The first-order chi connectivity index (χ1) is 16.6. The molecule has 200 valence electrons. The maximum Gasteiger partial charge on any atom is 0.416 e. The quantitative estimate of drug-likeness (QED) is 0.374. The standard InChI is InChI=1S/C24H29F6N3O2S/c1-21(2,15-6-4-5-7-16(15)24(28,29)30)32-20-31-19(34)22(3,36-20)12-14-8-10-33(11-9-14)18-17(35-18)13-23(25,26)27/h4-7,14,17-18H,8-13H2,1-3H3,(H,31,32,34). The Balaban J connectivity index is 1.37. The van der Waals surface area contributed by atoms with Gasteiger partial charge in [0.1, 0.15) is 12.3 Å². The lowest BCUT2D eigenvalue weighted by atomic mass is 9.87. The summed E-state index contributed by atoms with van der Waals surface area (Å²) >= 11 is 1.22. The Hall–Kier alpha value is -1.79. The summed E-state index contributed by atoms with van der Waals surface area (Å²) in [5.41, 5.74) is -1.97. The van der Waals surface area contributed by atoms with Crippen LogP contribution in [-0.4, -0.2) is 52.3 Å². The Morgan fingerprint density at radius 3 is 2.31 bits per heavy atom. The van der Waals surface area contributed by atoms with E-state index in [1.807, 2.05) is 4.90 Å². The number of amides is 1. The topological polar surface area (TPSA) is 57.2 Å². The third-order valence-electron chi connectivity index (χ3n) is 6.97. The number of rotatable bonds is 6. The van der Waals surface area contributed by atoms with Crippen molar-refractivity contribution in [2.24, 2.45) is 10.9 Å². The van der Waals surface area contributed by atoms with Crippen LogP contribution in [0, 0.1) is 5.92 Å². The number of epoxide rings is 1. The van der Waals surface area contributed by atoms with Gasteiger partial charge in [-0.15, -0.1) is 0 Å². The molecule has 3 unspecified atom stereocenters. The Morgan fingerprint density at radius 2 is 1.72 bits per heavy atom. The van der Waals surface area contributed by atoms with Gasteiger partial charge in [-0.1, -0.05) is 30.0 Å². The molecular weight excluding hydrogens is 508 g/mol. The SMILES string of the molecule is CC1(CC2CCN(C3OC3CC(F)(F)F)CC2)SC(=NC(C)(C)c2ccccc2C(F)(F)F)NC1=O. The van der Waals surface area contributed by atoms with Crippen LogP contribution < -0.4 is 5.32 Å². The number of alkyl halides is 6. The molecule has 3 saturated heterocycles. The van der Waals surface area contributed by atoms with Crippen molar-refractivity contribution < 1.29 is 35.9 Å². The average Bonchev–Trinajstić information content (AvgIpc) is 3.44. The van der Waals surface area contributed by atoms with Crippen LogP contribution in [0.2, 0.25) is 0 Å². The van der Waals surface area contributed by atoms with Crippen molar-refractivity contribution in [3.63, 3.8) is 0 Å². The molecule has 12 heteroatoms. The maximum absolute atomic E-state index is 13.5. The predicted molar refractivity (Wildman–Crippen MR) is 124 cm³/mol. The number of halogens is 6. The van der Waals surface area contributed by atoms with E-state index >= 15 is 0 Å². The molecule has 1 aromatic carbocycles. The number of piperidine rings is 1. The highest BCUT2D eigenvalue weighted by atomic mass is 32.2. The zero-order chi connectivity index (χ0) is 26.5. The summed E-state index contributed by atoms with van der Waals surface area (Å²) in [6.07, 6.45) is -9.04. The third kappa shape index (κ3) is 6.19. The molecule has 3 atom stereocenters. The third-order valence-corrected chi connectivity index (χ3v) is 8.16. The van der Waals surface area contributed by atoms with Crippen LogP contribution in [-0.2, 0) is 21.2 Å². The van der Waals surface area contributed by atoms with E-state index in [0.717, 1.165) is 18.9 Å². The molecule has 3 fully saturated rings. The molecule has 3 aliphatic heterocycles. The largest absolute Gasteiger partial charge is 0.416 e. The Kier molecular flexibility index (Phi) is 7.19. The van der Waals surface area contributed by atoms with Crippen LogP contribution in [0.25, 0.3) is 0 Å². The summed E-state index contributed by atoms with van der Waals surface area (Å²) in [7, 11) is 0. The molecule has 1 aromatic rings. The van der Waals surface area contributed by atoms with E-state index in [9.17, 15) is 31.1 Å². The maximum atomic E-state index is 13.5. The second-order valence-electron chi connectivity index (χ2n) is 10.4. The molecule has 1 amide bonds. The zero-order valence-corrected chi connectivity index (χ0v) is 21.0. The highest BCUT2D eigenvalue weighted by Gasteiger charge is 2.51. The van der Waals surface area contributed by atoms with E-state index in [2.05, 4.69) is 10.3 Å². The first-order valence-electron chi connectivity index (χ1n) is 11.8. The number of carbonyl (C=O) groups is 1. The normalized spacial score (nSPS) is 29.6. The van der Waals surface area contributed by atoms with Crippen LogP contribution >= 0.6 is 11.8 Å². The molecule has 0 radical (unpaired) electrons. The van der Waals surface area contributed by atoms with Gasteiger partial charge in [0.2, 0.25) is 5.91 Å². The van der Waals surface area contributed by atoms with Crippen molar-refractivity contribution >= 4 is 22.8 Å². The van der Waals surface area contributed by atoms with Crippen LogP contribution in [0.1, 0.15) is 57.6 Å². The van der Waals surface area contributed by atoms with Gasteiger partial charge in [-0.25, -0.2) is 0 Å². The van der Waals surface area contributed by atoms with Gasteiger partial charge in [-0.2, -0.15) is 26.3 Å². The van der Waals surface area contributed by atoms with E-state index < -0.39 is 47.0 Å². The molecule has 1 N–H and O–H groups in total. The average molecular weight is 538 g/mol. The highest BCUT2D eigenvalue weighted by molar-refractivity contribution is 8.16. The number of benzene rings is 1. The minimum Gasteiger partial charge on any atom is -0.353 e. The summed E-state index contributed by atoms with van der Waals surface area (Å²) in [5.74, 6) is -0.0630. The van der Waals surface area contributed by atoms with Gasteiger partial charge in [0.25, 0.3) is 0 Å². The lowest BCUT2D eigenvalue weighted by Gasteiger charge is -2.34. The monoisotopic (exact) mass is 537 g/mol. The summed E-state index contributed by atoms with van der Waals surface area (Å²) in [6.45, 7) is 6.13. The molecule has 0 saturated carbocycles. The van der Waals surface area contributed by atoms with Gasteiger partial charge in [-0.05, 0) is 57.6 Å². The van der Waals surface area contributed by atoms with Gasteiger partial charge in [0.15, 0.2) is 5.17 Å². The lowest BCUT2D eigenvalue weighted by molar-refractivity contribution is -0.139. The Labute approximate surface area is 210 Å². The van der Waals surface area contributed by atoms with E-state index in [4.69, 9.17) is 4.74 Å². The predicted octanol–water partition coefficient (Wildman–Crippen LogP) is 5.70. The first kappa shape index (κ1) is 27.3. The van der Waals surface area contributed by atoms with Gasteiger partial charge < -0.3 is 10.1 Å². The highest BCUT2D eigenvalue weighted by Crippen LogP contribution is 2.44. The second kappa shape index (κ2) is 9.50. The van der Waals surface area contributed by atoms with Gasteiger partial charge in [-0.3, -0.25) is 14.7 Å². The number of hydrogen-bond acceptors (Lipinski definition) is 5. The molecule has 36 heavy (non-hydrogen) atoms. The molecule has 3 heterocycles. The van der Waals surface area contributed by atoms with Crippen molar-refractivity contribution in [2.45, 2.75) is 81.4 Å². The van der Waals surface area contributed by atoms with Crippen molar-refractivity contribution in [2.75, 3.05) is 13.1 Å². The fourth-order valence-corrected chi connectivity index (χ4v) is 6.38. The lowest BCUT2D eigenvalue weighted by Crippen LogP contribution is -2.41. The molecule has 0 aromatic heterocycles. The second-order valence-corrected chi connectivity index (χ2v) is 11.9. The van der Waals surface area contributed by atoms with Gasteiger partial charge >= 0.3 is 12.4 Å². The number of nitrogens with one attached hydrogen (secondary N) is 1. The Morgan fingerprint density at radius 1 is 1.11 bits per heavy atom. The number of thioether (sulfide) groups is 1. The van der Waals surface area contributed by atoms with Crippen molar-refractivity contribution in [3.05, 3.63) is 35.4 Å². The minimum absolute atomic E-state index is 0.0203. The van der Waals surface area contributed by atoms with Gasteiger partial charge in [0, 0.05) is 13.1 Å². The number of nitrogens with zero attached hydrogens (tertiary/aromatic N) is 2. The fraction of sp³-hybridized carbons (Fsp3) is 0.667. The number of hydrogen-bond donors (Lipinski definition) is 1. The molecule has 0 aliphatic carbocycles. The fourth-order valence-electron chi connectivity index (χ4n) is 5.07. The smallest absolute Gasteiger partial charge is 0.353 e. The van der Waals surface area contributed by atoms with Crippen LogP contribution in [0.15, 0.2) is 29.3 Å². The van der Waals surface area contributed by atoms with Gasteiger partial charge in [0.05, 0.1) is 22.3 Å². The number of carbonyl (C=O) groups excluding carboxylic acids is 1. The van der Waals surface area contributed by atoms with Crippen LogP contribution in [0.5, 0.6) is 0 Å². The number of amidine groups is 1. The zero-order valence-electron chi connectivity index (χ0n) is 20.2. The van der Waals surface area contributed by atoms with Crippen molar-refractivity contribution in [1.82, 2.24) is 10.2 Å².